The first-order valence-electron chi connectivity index (χ1n) is 6.94. The van der Waals surface area contributed by atoms with Gasteiger partial charge >= 0.3 is 0 Å². The maximum Gasteiger partial charge on any atom is 0.233 e. The Labute approximate surface area is 137 Å². The summed E-state index contributed by atoms with van der Waals surface area (Å²) >= 11 is 0. The first-order valence-corrected chi connectivity index (χ1v) is 6.94. The lowest BCUT2D eigenvalue weighted by Gasteiger charge is -2.09. The fraction of sp³-hybridized carbons (Fsp3) is 0. The molecular formula is C16H12FN7. The van der Waals surface area contributed by atoms with Gasteiger partial charge in [-0.15, -0.1) is 0 Å². The predicted molar refractivity (Wildman–Crippen MR) is 88.4 cm³/mol. The lowest BCUT2D eigenvalue weighted by Crippen LogP contribution is -2.07. The minimum atomic E-state index is -0.334. The normalized spacial score (nSPS) is 10.0. The molecule has 118 valence electrons. The molecule has 0 radical (unpaired) electrons. The number of nitrogens with two attached hydrogens (primary N) is 1. The molecule has 24 heavy (non-hydrogen) atoms. The van der Waals surface area contributed by atoms with Crippen LogP contribution in [0.3, 0.4) is 0 Å². The summed E-state index contributed by atoms with van der Waals surface area (Å²) in [7, 11) is 0. The van der Waals surface area contributed by atoms with Gasteiger partial charge in [-0.3, -0.25) is 0 Å². The number of nitrogen functional groups attached to an aromatic ring is 1. The van der Waals surface area contributed by atoms with E-state index in [4.69, 9.17) is 11.0 Å². The second-order valence-electron chi connectivity index (χ2n) is 4.79. The summed E-state index contributed by atoms with van der Waals surface area (Å²) < 4.78 is 12.9. The van der Waals surface area contributed by atoms with E-state index in [1.807, 2.05) is 6.07 Å². The van der Waals surface area contributed by atoms with E-state index in [0.29, 0.717) is 16.9 Å². The van der Waals surface area contributed by atoms with Crippen LogP contribution < -0.4 is 16.4 Å². The molecule has 4 N–H and O–H groups in total. The van der Waals surface area contributed by atoms with Crippen LogP contribution in [0.4, 0.5) is 33.6 Å². The SMILES string of the molecule is N#Cc1ccc(Nc2nc(N)nc(Nc3ccc(F)cc3)n2)cc1. The molecule has 2 aromatic carbocycles. The van der Waals surface area contributed by atoms with Crippen molar-refractivity contribution in [3.05, 3.63) is 59.9 Å². The molecular weight excluding hydrogens is 309 g/mol. The summed E-state index contributed by atoms with van der Waals surface area (Å²) in [5, 5.41) is 14.7. The molecule has 7 nitrogen and oxygen atoms in total. The van der Waals surface area contributed by atoms with Gasteiger partial charge in [0.2, 0.25) is 17.8 Å². The average Bonchev–Trinajstić information content (AvgIpc) is 2.57. The average molecular weight is 321 g/mol. The first kappa shape index (κ1) is 15.2. The van der Waals surface area contributed by atoms with Crippen LogP contribution in [-0.4, -0.2) is 15.0 Å². The minimum Gasteiger partial charge on any atom is -0.368 e. The van der Waals surface area contributed by atoms with Crippen molar-refractivity contribution in [2.24, 2.45) is 0 Å². The minimum absolute atomic E-state index is 0.0331. The third kappa shape index (κ3) is 3.72. The van der Waals surface area contributed by atoms with Crippen molar-refractivity contribution in [3.63, 3.8) is 0 Å². The van der Waals surface area contributed by atoms with E-state index in [1.54, 1.807) is 36.4 Å². The van der Waals surface area contributed by atoms with Gasteiger partial charge in [0.15, 0.2) is 0 Å². The number of hydrogen-bond donors (Lipinski definition) is 3. The Morgan fingerprint density at radius 2 is 1.33 bits per heavy atom. The number of halogens is 1. The fourth-order valence-corrected chi connectivity index (χ4v) is 1.92. The number of nitrogens with one attached hydrogen (secondary N) is 2. The number of nitriles is 1. The molecule has 0 aliphatic rings. The molecule has 0 amide bonds. The Kier molecular flexibility index (Phi) is 4.16. The van der Waals surface area contributed by atoms with Crippen LogP contribution >= 0.6 is 0 Å². The summed E-state index contributed by atoms with van der Waals surface area (Å²) in [6, 6.07) is 14.6. The van der Waals surface area contributed by atoms with Crippen LogP contribution in [0, 0.1) is 17.1 Å². The van der Waals surface area contributed by atoms with Crippen molar-refractivity contribution < 1.29 is 4.39 Å². The van der Waals surface area contributed by atoms with E-state index >= 15 is 0 Å². The highest BCUT2D eigenvalue weighted by molar-refractivity contribution is 5.59. The van der Waals surface area contributed by atoms with E-state index in [1.165, 1.54) is 12.1 Å². The molecule has 0 atom stereocenters. The molecule has 0 saturated heterocycles. The zero-order valence-electron chi connectivity index (χ0n) is 12.4. The summed E-state index contributed by atoms with van der Waals surface area (Å²) in [4.78, 5) is 12.2. The topological polar surface area (TPSA) is 113 Å². The van der Waals surface area contributed by atoms with Crippen molar-refractivity contribution >= 4 is 29.2 Å². The van der Waals surface area contributed by atoms with Crippen LogP contribution in [0.2, 0.25) is 0 Å². The van der Waals surface area contributed by atoms with Crippen molar-refractivity contribution in [3.8, 4) is 6.07 Å². The van der Waals surface area contributed by atoms with Gasteiger partial charge < -0.3 is 16.4 Å². The van der Waals surface area contributed by atoms with E-state index in [0.717, 1.165) is 0 Å². The molecule has 1 heterocycles. The molecule has 0 saturated carbocycles. The maximum atomic E-state index is 12.9. The summed E-state index contributed by atoms with van der Waals surface area (Å²) in [5.74, 6) is 0.173. The van der Waals surface area contributed by atoms with Crippen LogP contribution in [0.5, 0.6) is 0 Å². The summed E-state index contributed by atoms with van der Waals surface area (Å²) in [6.45, 7) is 0. The highest BCUT2D eigenvalue weighted by Crippen LogP contribution is 2.18. The summed E-state index contributed by atoms with van der Waals surface area (Å²) in [5.41, 5.74) is 7.56. The Balaban J connectivity index is 1.80. The Morgan fingerprint density at radius 3 is 1.83 bits per heavy atom. The fourth-order valence-electron chi connectivity index (χ4n) is 1.92. The Bertz CT molecular complexity index is 886. The molecule has 0 unspecified atom stereocenters. The van der Waals surface area contributed by atoms with Crippen molar-refractivity contribution in [2.45, 2.75) is 0 Å². The molecule has 8 heteroatoms. The van der Waals surface area contributed by atoms with Gasteiger partial charge in [-0.2, -0.15) is 20.2 Å². The molecule has 3 rings (SSSR count). The van der Waals surface area contributed by atoms with Gasteiger partial charge in [0, 0.05) is 11.4 Å². The van der Waals surface area contributed by atoms with Gasteiger partial charge in [-0.25, -0.2) is 4.39 Å². The molecule has 0 spiro atoms. The number of aromatic nitrogens is 3. The first-order chi connectivity index (χ1) is 11.6. The maximum absolute atomic E-state index is 12.9. The second-order valence-corrected chi connectivity index (χ2v) is 4.79. The highest BCUT2D eigenvalue weighted by atomic mass is 19.1. The number of benzene rings is 2. The molecule has 0 fully saturated rings. The lowest BCUT2D eigenvalue weighted by atomic mass is 10.2. The van der Waals surface area contributed by atoms with Crippen molar-refractivity contribution in [1.82, 2.24) is 15.0 Å². The second kappa shape index (κ2) is 6.58. The van der Waals surface area contributed by atoms with Crippen LogP contribution in [0.25, 0.3) is 0 Å². The highest BCUT2D eigenvalue weighted by Gasteiger charge is 2.06. The largest absolute Gasteiger partial charge is 0.368 e. The summed E-state index contributed by atoms with van der Waals surface area (Å²) in [6.07, 6.45) is 0. The molecule has 0 aliphatic heterocycles. The van der Waals surface area contributed by atoms with Crippen LogP contribution in [0.15, 0.2) is 48.5 Å². The lowest BCUT2D eigenvalue weighted by molar-refractivity contribution is 0.628. The van der Waals surface area contributed by atoms with Gasteiger partial charge in [0.05, 0.1) is 11.6 Å². The van der Waals surface area contributed by atoms with E-state index in [9.17, 15) is 4.39 Å². The smallest absolute Gasteiger partial charge is 0.233 e. The zero-order valence-corrected chi connectivity index (χ0v) is 12.4. The van der Waals surface area contributed by atoms with Crippen LogP contribution in [-0.2, 0) is 0 Å². The number of nitrogens with zero attached hydrogens (tertiary/aromatic N) is 4. The number of hydrogen-bond acceptors (Lipinski definition) is 7. The Morgan fingerprint density at radius 1 is 0.833 bits per heavy atom. The molecule has 0 aliphatic carbocycles. The molecule has 0 bridgehead atoms. The zero-order chi connectivity index (χ0) is 16.9. The molecule has 3 aromatic rings. The standard InChI is InChI=1S/C16H12FN7/c17-11-3-7-13(8-4-11)21-16-23-14(19)22-15(24-16)20-12-5-1-10(9-18)2-6-12/h1-8H,(H4,19,20,21,22,23,24). The van der Waals surface area contributed by atoms with Crippen molar-refractivity contribution in [1.29, 1.82) is 5.26 Å². The van der Waals surface area contributed by atoms with Gasteiger partial charge in [0.25, 0.3) is 0 Å². The quantitative estimate of drug-likeness (QED) is 0.677. The van der Waals surface area contributed by atoms with E-state index < -0.39 is 0 Å². The van der Waals surface area contributed by atoms with Gasteiger partial charge in [0.1, 0.15) is 5.82 Å². The van der Waals surface area contributed by atoms with Gasteiger partial charge in [-0.1, -0.05) is 0 Å². The monoisotopic (exact) mass is 321 g/mol. The predicted octanol–water partition coefficient (Wildman–Crippen LogP) is 2.95. The van der Waals surface area contributed by atoms with E-state index in [-0.39, 0.29) is 23.7 Å². The van der Waals surface area contributed by atoms with E-state index in [2.05, 4.69) is 25.6 Å². The van der Waals surface area contributed by atoms with Crippen molar-refractivity contribution in [2.75, 3.05) is 16.4 Å². The van der Waals surface area contributed by atoms with Crippen LogP contribution in [0.1, 0.15) is 5.56 Å². The number of rotatable bonds is 4. The third-order valence-corrected chi connectivity index (χ3v) is 3.02. The van der Waals surface area contributed by atoms with Gasteiger partial charge in [-0.05, 0) is 48.5 Å². The number of anilines is 5. The Hall–Kier alpha value is -3.73. The molecule has 1 aromatic heterocycles. The third-order valence-electron chi connectivity index (χ3n) is 3.02.